The number of allylic oxidation sites excluding steroid dienone is 2. The van der Waals surface area contributed by atoms with E-state index in [1.165, 1.54) is 23.1 Å². The zero-order valence-electron chi connectivity index (χ0n) is 14.6. The van der Waals surface area contributed by atoms with E-state index in [1.807, 2.05) is 0 Å². The summed E-state index contributed by atoms with van der Waals surface area (Å²) in [6.45, 7) is 0. The van der Waals surface area contributed by atoms with Crippen LogP contribution in [0.25, 0.3) is 0 Å². The Morgan fingerprint density at radius 2 is 1.75 bits per heavy atom. The van der Waals surface area contributed by atoms with Crippen LogP contribution in [0.2, 0.25) is 15.1 Å². The average molecular weight is 439 g/mol. The van der Waals surface area contributed by atoms with Gasteiger partial charge in [-0.3, -0.25) is 14.5 Å². The first-order valence-corrected chi connectivity index (χ1v) is 9.99. The van der Waals surface area contributed by atoms with Gasteiger partial charge in [0, 0.05) is 40.1 Å². The molecule has 2 aliphatic rings. The van der Waals surface area contributed by atoms with Gasteiger partial charge in [0.25, 0.3) is 0 Å². The molecule has 1 aliphatic heterocycles. The van der Waals surface area contributed by atoms with Crippen molar-refractivity contribution in [2.45, 2.75) is 31.6 Å². The number of carbonyl (C=O) groups excluding carboxylic acids is 2. The molecule has 0 N–H and O–H groups in total. The standard InChI is InChI=1S/C21H15Cl3FNO2/c22-11-4-6-13(15(23)8-11)14-10-20(28)26(12-5-7-17(25)16(24)9-12)18-2-1-3-19(27)21(14)18/h4-9,14H,1-3,10H2. The Labute approximate surface area is 176 Å². The van der Waals surface area contributed by atoms with Crippen LogP contribution in [0.3, 0.4) is 0 Å². The molecule has 4 rings (SSSR count). The minimum absolute atomic E-state index is 0.00275. The van der Waals surface area contributed by atoms with Gasteiger partial charge in [-0.2, -0.15) is 0 Å². The number of rotatable bonds is 2. The Hall–Kier alpha value is -1.88. The van der Waals surface area contributed by atoms with Gasteiger partial charge in [0.15, 0.2) is 5.78 Å². The van der Waals surface area contributed by atoms with Gasteiger partial charge in [0.2, 0.25) is 5.91 Å². The number of hydrogen-bond donors (Lipinski definition) is 0. The van der Waals surface area contributed by atoms with Crippen molar-refractivity contribution in [3.63, 3.8) is 0 Å². The Morgan fingerprint density at radius 1 is 0.964 bits per heavy atom. The number of anilines is 1. The summed E-state index contributed by atoms with van der Waals surface area (Å²) < 4.78 is 13.6. The maximum absolute atomic E-state index is 13.6. The highest BCUT2D eigenvalue weighted by molar-refractivity contribution is 6.35. The number of benzene rings is 2. The van der Waals surface area contributed by atoms with Crippen LogP contribution >= 0.6 is 34.8 Å². The molecule has 3 nitrogen and oxygen atoms in total. The molecule has 2 aromatic rings. The molecule has 0 aromatic heterocycles. The molecule has 0 spiro atoms. The van der Waals surface area contributed by atoms with Crippen LogP contribution < -0.4 is 4.90 Å². The lowest BCUT2D eigenvalue weighted by atomic mass is 9.77. The predicted octanol–water partition coefficient (Wildman–Crippen LogP) is 6.31. The Bertz CT molecular complexity index is 1030. The van der Waals surface area contributed by atoms with E-state index in [4.69, 9.17) is 34.8 Å². The summed E-state index contributed by atoms with van der Waals surface area (Å²) in [5, 5.41) is 0.842. The van der Waals surface area contributed by atoms with Gasteiger partial charge in [0.05, 0.1) is 10.7 Å². The van der Waals surface area contributed by atoms with Gasteiger partial charge in [-0.05, 0) is 48.7 Å². The zero-order valence-corrected chi connectivity index (χ0v) is 16.9. The molecule has 1 heterocycles. The monoisotopic (exact) mass is 437 g/mol. The van der Waals surface area contributed by atoms with Crippen LogP contribution in [0.5, 0.6) is 0 Å². The van der Waals surface area contributed by atoms with Crippen molar-refractivity contribution in [2.24, 2.45) is 0 Å². The Balaban J connectivity index is 1.88. The smallest absolute Gasteiger partial charge is 0.232 e. The second-order valence-corrected chi connectivity index (χ2v) is 8.14. The Morgan fingerprint density at radius 3 is 2.46 bits per heavy atom. The van der Waals surface area contributed by atoms with Gasteiger partial charge in [-0.15, -0.1) is 0 Å². The van der Waals surface area contributed by atoms with Crippen LogP contribution in [0, 0.1) is 5.82 Å². The summed E-state index contributed by atoms with van der Waals surface area (Å²) in [5.74, 6) is -1.17. The first-order valence-electron chi connectivity index (χ1n) is 8.86. The normalized spacial score (nSPS) is 19.9. The summed E-state index contributed by atoms with van der Waals surface area (Å²) in [4.78, 5) is 27.4. The lowest BCUT2D eigenvalue weighted by molar-refractivity contribution is -0.119. The van der Waals surface area contributed by atoms with Crippen molar-refractivity contribution >= 4 is 52.2 Å². The fourth-order valence-electron chi connectivity index (χ4n) is 3.97. The van der Waals surface area contributed by atoms with Crippen molar-refractivity contribution in [3.8, 4) is 0 Å². The molecule has 1 aliphatic carbocycles. The van der Waals surface area contributed by atoms with Crippen molar-refractivity contribution in [2.75, 3.05) is 4.90 Å². The summed E-state index contributed by atoms with van der Waals surface area (Å²) in [6, 6.07) is 9.21. The summed E-state index contributed by atoms with van der Waals surface area (Å²) >= 11 is 18.3. The third-order valence-corrected chi connectivity index (χ3v) is 6.03. The van der Waals surface area contributed by atoms with Crippen LogP contribution in [0.1, 0.15) is 37.2 Å². The minimum Gasteiger partial charge on any atom is -0.294 e. The maximum atomic E-state index is 13.6. The number of ketones is 1. The molecule has 1 atom stereocenters. The predicted molar refractivity (Wildman–Crippen MR) is 109 cm³/mol. The van der Waals surface area contributed by atoms with Crippen molar-refractivity contribution in [3.05, 3.63) is 74.1 Å². The van der Waals surface area contributed by atoms with E-state index in [0.29, 0.717) is 51.8 Å². The number of carbonyl (C=O) groups is 2. The van der Waals surface area contributed by atoms with Gasteiger partial charge in [0.1, 0.15) is 5.82 Å². The highest BCUT2D eigenvalue weighted by Crippen LogP contribution is 2.45. The number of halogens is 4. The molecule has 2 aromatic carbocycles. The second-order valence-electron chi connectivity index (χ2n) is 6.89. The van der Waals surface area contributed by atoms with Crippen LogP contribution in [0.15, 0.2) is 47.7 Å². The molecule has 1 amide bonds. The molecule has 0 saturated heterocycles. The summed E-state index contributed by atoms with van der Waals surface area (Å²) in [7, 11) is 0. The van der Waals surface area contributed by atoms with E-state index in [1.54, 1.807) is 18.2 Å². The first kappa shape index (κ1) is 19.4. The van der Waals surface area contributed by atoms with Crippen LogP contribution in [-0.2, 0) is 9.59 Å². The maximum Gasteiger partial charge on any atom is 0.232 e. The summed E-state index contributed by atoms with van der Waals surface area (Å²) in [6.07, 6.45) is 1.73. The number of Topliss-reactive ketones (excluding diaryl/α,β-unsaturated/α-hetero) is 1. The van der Waals surface area contributed by atoms with Crippen molar-refractivity contribution in [1.29, 1.82) is 0 Å². The minimum atomic E-state index is -0.561. The van der Waals surface area contributed by atoms with Gasteiger partial charge in [-0.25, -0.2) is 4.39 Å². The molecule has 0 bridgehead atoms. The molecule has 1 unspecified atom stereocenters. The zero-order chi connectivity index (χ0) is 20.0. The highest BCUT2D eigenvalue weighted by Gasteiger charge is 2.40. The lowest BCUT2D eigenvalue weighted by Crippen LogP contribution is -2.40. The van der Waals surface area contributed by atoms with Gasteiger partial charge in [-0.1, -0.05) is 40.9 Å². The molecule has 0 saturated carbocycles. The molecule has 28 heavy (non-hydrogen) atoms. The quantitative estimate of drug-likeness (QED) is 0.551. The van der Waals surface area contributed by atoms with E-state index >= 15 is 0 Å². The van der Waals surface area contributed by atoms with Crippen LogP contribution in [0.4, 0.5) is 10.1 Å². The molecule has 144 valence electrons. The number of amides is 1. The third kappa shape index (κ3) is 3.34. The number of hydrogen-bond acceptors (Lipinski definition) is 2. The van der Waals surface area contributed by atoms with Gasteiger partial charge >= 0.3 is 0 Å². The average Bonchev–Trinajstić information content (AvgIpc) is 2.64. The van der Waals surface area contributed by atoms with Crippen molar-refractivity contribution in [1.82, 2.24) is 0 Å². The fourth-order valence-corrected chi connectivity index (χ4v) is 4.68. The Kier molecular flexibility index (Phi) is 5.21. The first-order chi connectivity index (χ1) is 13.4. The molecule has 0 radical (unpaired) electrons. The fraction of sp³-hybridized carbons (Fsp3) is 0.238. The van der Waals surface area contributed by atoms with E-state index in [9.17, 15) is 14.0 Å². The lowest BCUT2D eigenvalue weighted by Gasteiger charge is -2.38. The van der Waals surface area contributed by atoms with E-state index in [2.05, 4.69) is 0 Å². The molecular weight excluding hydrogens is 424 g/mol. The van der Waals surface area contributed by atoms with E-state index in [-0.39, 0.29) is 23.1 Å². The second kappa shape index (κ2) is 7.51. The topological polar surface area (TPSA) is 37.4 Å². The van der Waals surface area contributed by atoms with Crippen molar-refractivity contribution < 1.29 is 14.0 Å². The van der Waals surface area contributed by atoms with E-state index in [0.717, 1.165) is 0 Å². The largest absolute Gasteiger partial charge is 0.294 e. The molecule has 0 fully saturated rings. The van der Waals surface area contributed by atoms with E-state index < -0.39 is 11.7 Å². The third-order valence-electron chi connectivity index (χ3n) is 5.17. The summed E-state index contributed by atoms with van der Waals surface area (Å²) in [5.41, 5.74) is 2.40. The van der Waals surface area contributed by atoms with Gasteiger partial charge < -0.3 is 0 Å². The molecular formula is C21H15Cl3FNO2. The van der Waals surface area contributed by atoms with Crippen LogP contribution in [-0.4, -0.2) is 11.7 Å². The molecule has 7 heteroatoms. The number of nitrogens with zero attached hydrogens (tertiary/aromatic N) is 1. The highest BCUT2D eigenvalue weighted by atomic mass is 35.5. The SMILES string of the molecule is O=C1CCCC2=C1C(c1ccc(Cl)cc1Cl)CC(=O)N2c1ccc(F)c(Cl)c1.